The van der Waals surface area contributed by atoms with Crippen LogP contribution in [0.25, 0.3) is 0 Å². The number of allylic oxidation sites excluding steroid dienone is 4. The van der Waals surface area contributed by atoms with Crippen LogP contribution in [0.3, 0.4) is 0 Å². The van der Waals surface area contributed by atoms with Gasteiger partial charge in [0.25, 0.3) is 0 Å². The van der Waals surface area contributed by atoms with E-state index >= 15 is 0 Å². The number of hydrogen-bond donors (Lipinski definition) is 0. The number of hydrogen-bond acceptors (Lipinski definition) is 1. The number of rotatable bonds is 3. The SMILES string of the molecule is COc1ccc([Si](C)(C)C2=C(C)C(C)=CC2C)cc1. The van der Waals surface area contributed by atoms with Gasteiger partial charge in [-0.25, -0.2) is 0 Å². The Morgan fingerprint density at radius 1 is 1.05 bits per heavy atom. The standard InChI is InChI=1S/C17H24OSi/c1-12-11-13(2)17(14(12)3)19(5,6)16-9-7-15(18-4)8-10-16/h7-11,13H,1-6H3. The van der Waals surface area contributed by atoms with Gasteiger partial charge in [-0.2, -0.15) is 0 Å². The van der Waals surface area contributed by atoms with Crippen molar-refractivity contribution in [2.75, 3.05) is 7.11 Å². The average Bonchev–Trinajstić information content (AvgIpc) is 2.63. The molecule has 0 N–H and O–H groups in total. The summed E-state index contributed by atoms with van der Waals surface area (Å²) >= 11 is 0. The van der Waals surface area contributed by atoms with E-state index in [0.29, 0.717) is 5.92 Å². The monoisotopic (exact) mass is 272 g/mol. The van der Waals surface area contributed by atoms with E-state index in [1.54, 1.807) is 12.3 Å². The van der Waals surface area contributed by atoms with Crippen molar-refractivity contribution in [2.45, 2.75) is 33.9 Å². The summed E-state index contributed by atoms with van der Waals surface area (Å²) in [5.41, 5.74) is 2.97. The van der Waals surface area contributed by atoms with Crippen molar-refractivity contribution >= 4 is 13.3 Å². The van der Waals surface area contributed by atoms with Crippen molar-refractivity contribution in [1.82, 2.24) is 0 Å². The lowest BCUT2D eigenvalue weighted by atomic mass is 10.2. The van der Waals surface area contributed by atoms with Gasteiger partial charge in [0.05, 0.1) is 7.11 Å². The van der Waals surface area contributed by atoms with E-state index in [2.05, 4.69) is 64.2 Å². The second-order valence-electron chi connectivity index (χ2n) is 6.03. The Morgan fingerprint density at radius 2 is 1.63 bits per heavy atom. The average molecular weight is 272 g/mol. The molecule has 19 heavy (non-hydrogen) atoms. The van der Waals surface area contributed by atoms with Crippen LogP contribution in [0.4, 0.5) is 0 Å². The summed E-state index contributed by atoms with van der Waals surface area (Å²) in [5.74, 6) is 1.52. The molecule has 1 nitrogen and oxygen atoms in total. The van der Waals surface area contributed by atoms with Crippen molar-refractivity contribution in [1.29, 1.82) is 0 Å². The first-order valence-corrected chi connectivity index (χ1v) is 9.92. The fourth-order valence-electron chi connectivity index (χ4n) is 3.34. The lowest BCUT2D eigenvalue weighted by Gasteiger charge is -2.29. The smallest absolute Gasteiger partial charge is 0.118 e. The molecule has 0 saturated heterocycles. The molecule has 2 heteroatoms. The van der Waals surface area contributed by atoms with E-state index in [9.17, 15) is 0 Å². The highest BCUT2D eigenvalue weighted by Gasteiger charge is 2.35. The maximum Gasteiger partial charge on any atom is 0.118 e. The van der Waals surface area contributed by atoms with Gasteiger partial charge in [-0.3, -0.25) is 0 Å². The van der Waals surface area contributed by atoms with Gasteiger partial charge >= 0.3 is 0 Å². The van der Waals surface area contributed by atoms with Crippen LogP contribution in [0.5, 0.6) is 5.75 Å². The van der Waals surface area contributed by atoms with Crippen LogP contribution in [-0.2, 0) is 0 Å². The van der Waals surface area contributed by atoms with Gasteiger partial charge in [0.2, 0.25) is 0 Å². The van der Waals surface area contributed by atoms with E-state index in [1.165, 1.54) is 16.3 Å². The van der Waals surface area contributed by atoms with Crippen molar-refractivity contribution in [2.24, 2.45) is 5.92 Å². The summed E-state index contributed by atoms with van der Waals surface area (Å²) in [5, 5.41) is 3.16. The lowest BCUT2D eigenvalue weighted by molar-refractivity contribution is 0.415. The van der Waals surface area contributed by atoms with Crippen LogP contribution < -0.4 is 9.92 Å². The maximum absolute atomic E-state index is 5.26. The van der Waals surface area contributed by atoms with Gasteiger partial charge < -0.3 is 4.74 Å². The van der Waals surface area contributed by atoms with Gasteiger partial charge in [-0.1, -0.05) is 59.8 Å². The number of ether oxygens (including phenoxy) is 1. The van der Waals surface area contributed by atoms with E-state index in [1.807, 2.05) is 0 Å². The minimum atomic E-state index is -1.58. The highest BCUT2D eigenvalue weighted by atomic mass is 28.3. The third kappa shape index (κ3) is 2.42. The largest absolute Gasteiger partial charge is 0.497 e. The van der Waals surface area contributed by atoms with Crippen molar-refractivity contribution < 1.29 is 4.74 Å². The van der Waals surface area contributed by atoms with Crippen LogP contribution in [-0.4, -0.2) is 15.2 Å². The zero-order valence-electron chi connectivity index (χ0n) is 12.9. The molecule has 1 aromatic carbocycles. The molecule has 2 rings (SSSR count). The first kappa shape index (κ1) is 14.1. The highest BCUT2D eigenvalue weighted by molar-refractivity contribution is 6.96. The van der Waals surface area contributed by atoms with Crippen molar-refractivity contribution in [3.05, 3.63) is 46.7 Å². The molecule has 0 aliphatic heterocycles. The molecule has 0 amide bonds. The normalized spacial score (nSPS) is 19.7. The first-order valence-electron chi connectivity index (χ1n) is 6.92. The molecule has 0 bridgehead atoms. The Bertz CT molecular complexity index is 535. The Morgan fingerprint density at radius 3 is 2.05 bits per heavy atom. The summed E-state index contributed by atoms with van der Waals surface area (Å²) in [6.07, 6.45) is 2.41. The van der Waals surface area contributed by atoms with Crippen LogP contribution in [0.2, 0.25) is 13.1 Å². The quantitative estimate of drug-likeness (QED) is 0.754. The second kappa shape index (κ2) is 5.01. The summed E-state index contributed by atoms with van der Waals surface area (Å²) in [7, 11) is 0.141. The predicted molar refractivity (Wildman–Crippen MR) is 85.7 cm³/mol. The molecule has 0 radical (unpaired) electrons. The third-order valence-corrected chi connectivity index (χ3v) is 8.39. The lowest BCUT2D eigenvalue weighted by Crippen LogP contribution is -2.45. The Kier molecular flexibility index (Phi) is 3.72. The van der Waals surface area contributed by atoms with Crippen molar-refractivity contribution in [3.63, 3.8) is 0 Å². The van der Waals surface area contributed by atoms with E-state index in [-0.39, 0.29) is 0 Å². The van der Waals surface area contributed by atoms with Crippen LogP contribution in [0, 0.1) is 5.92 Å². The maximum atomic E-state index is 5.26. The second-order valence-corrected chi connectivity index (χ2v) is 10.4. The van der Waals surface area contributed by atoms with Crippen LogP contribution >= 0.6 is 0 Å². The molecule has 1 aliphatic carbocycles. The molecule has 1 aliphatic rings. The molecule has 102 valence electrons. The minimum Gasteiger partial charge on any atom is -0.497 e. The Hall–Kier alpha value is -1.28. The highest BCUT2D eigenvalue weighted by Crippen LogP contribution is 2.36. The zero-order chi connectivity index (χ0) is 14.2. The molecular formula is C17H24OSi. The fourth-order valence-corrected chi connectivity index (χ4v) is 7.01. The molecule has 0 saturated carbocycles. The molecular weight excluding hydrogens is 248 g/mol. The molecule has 0 aromatic heterocycles. The molecule has 0 spiro atoms. The molecule has 0 heterocycles. The number of benzene rings is 1. The van der Waals surface area contributed by atoms with Gasteiger partial charge in [0, 0.05) is 0 Å². The molecule has 1 atom stereocenters. The van der Waals surface area contributed by atoms with Gasteiger partial charge in [0.1, 0.15) is 13.8 Å². The van der Waals surface area contributed by atoms with E-state index < -0.39 is 8.07 Å². The number of methoxy groups -OCH3 is 1. The summed E-state index contributed by atoms with van der Waals surface area (Å²) < 4.78 is 5.26. The van der Waals surface area contributed by atoms with Gasteiger partial charge in [0.15, 0.2) is 0 Å². The summed E-state index contributed by atoms with van der Waals surface area (Å²) in [6.45, 7) is 11.8. The Balaban J connectivity index is 2.42. The first-order chi connectivity index (χ1) is 8.87. The van der Waals surface area contributed by atoms with E-state index in [4.69, 9.17) is 4.74 Å². The topological polar surface area (TPSA) is 9.23 Å². The summed E-state index contributed by atoms with van der Waals surface area (Å²) in [4.78, 5) is 0. The zero-order valence-corrected chi connectivity index (χ0v) is 13.9. The molecule has 1 aromatic rings. The fraction of sp³-hybridized carbons (Fsp3) is 0.412. The van der Waals surface area contributed by atoms with Gasteiger partial charge in [-0.05, 0) is 31.9 Å². The van der Waals surface area contributed by atoms with Crippen LogP contribution in [0.15, 0.2) is 46.7 Å². The van der Waals surface area contributed by atoms with Crippen molar-refractivity contribution in [3.8, 4) is 5.75 Å². The van der Waals surface area contributed by atoms with Gasteiger partial charge in [-0.15, -0.1) is 0 Å². The Labute approximate surface area is 118 Å². The predicted octanol–water partition coefficient (Wildman–Crippen LogP) is 4.06. The third-order valence-electron chi connectivity index (χ3n) is 4.44. The van der Waals surface area contributed by atoms with E-state index in [0.717, 1.165) is 5.75 Å². The molecule has 1 unspecified atom stereocenters. The minimum absolute atomic E-state index is 0.587. The summed E-state index contributed by atoms with van der Waals surface area (Å²) in [6, 6.07) is 8.65. The van der Waals surface area contributed by atoms with Crippen LogP contribution in [0.1, 0.15) is 20.8 Å². The molecule has 0 fully saturated rings.